The van der Waals surface area contributed by atoms with E-state index in [4.69, 9.17) is 0 Å². The third-order valence-electron chi connectivity index (χ3n) is 3.81. The van der Waals surface area contributed by atoms with E-state index in [1.54, 1.807) is 0 Å². The van der Waals surface area contributed by atoms with Crippen LogP contribution in [0.2, 0.25) is 0 Å². The van der Waals surface area contributed by atoms with Crippen molar-refractivity contribution >= 4 is 16.9 Å². The summed E-state index contributed by atoms with van der Waals surface area (Å²) in [5.74, 6) is -0.101. The smallest absolute Gasteiger partial charge is 0.340 e. The summed E-state index contributed by atoms with van der Waals surface area (Å²) in [7, 11) is 0. The Morgan fingerprint density at radius 2 is 1.72 bits per heavy atom. The maximum atomic E-state index is 12.9. The number of amides is 1. The molecule has 0 unspecified atom stereocenters. The number of carbonyl (C=O) groups is 1. The number of alkyl halides is 6. The van der Waals surface area contributed by atoms with Crippen LogP contribution in [-0.4, -0.2) is 40.4 Å². The summed E-state index contributed by atoms with van der Waals surface area (Å²) in [4.78, 5) is 19.6. The molecule has 2 N–H and O–H groups in total. The van der Waals surface area contributed by atoms with Crippen molar-refractivity contribution in [1.82, 2.24) is 20.2 Å². The van der Waals surface area contributed by atoms with E-state index in [9.17, 15) is 31.1 Å². The Hall–Kier alpha value is -2.30. The summed E-state index contributed by atoms with van der Waals surface area (Å²) in [6.07, 6.45) is -10.3. The molecule has 1 aliphatic rings. The van der Waals surface area contributed by atoms with Gasteiger partial charge in [0.1, 0.15) is 5.82 Å². The number of nitrogens with one attached hydrogen (secondary N) is 2. The van der Waals surface area contributed by atoms with Crippen molar-refractivity contribution < 1.29 is 31.1 Å². The second-order valence-electron chi connectivity index (χ2n) is 5.59. The minimum absolute atomic E-state index is 0.0160. The zero-order valence-corrected chi connectivity index (χ0v) is 12.6. The topological polar surface area (TPSA) is 61.0 Å². The fourth-order valence-corrected chi connectivity index (χ4v) is 2.65. The van der Waals surface area contributed by atoms with E-state index >= 15 is 0 Å². The van der Waals surface area contributed by atoms with E-state index < -0.39 is 23.5 Å². The summed E-state index contributed by atoms with van der Waals surface area (Å²) in [6, 6.07) is 0.770. The van der Waals surface area contributed by atoms with Crippen LogP contribution < -0.4 is 5.32 Å². The molecule has 0 aliphatic carbocycles. The average Bonchev–Trinajstić information content (AvgIpc) is 2.88. The highest BCUT2D eigenvalue weighted by Crippen LogP contribution is 2.41. The molecule has 1 fully saturated rings. The minimum atomic E-state index is -5.16. The van der Waals surface area contributed by atoms with Crippen LogP contribution in [0.15, 0.2) is 12.1 Å². The number of hydrogen-bond acceptors (Lipinski definition) is 3. The second kappa shape index (κ2) is 5.90. The maximum Gasteiger partial charge on any atom is 0.417 e. The predicted octanol–water partition coefficient (Wildman–Crippen LogP) is 2.53. The minimum Gasteiger partial charge on any atom is -0.340 e. The number of H-pyrrole nitrogens is 1. The van der Waals surface area contributed by atoms with Gasteiger partial charge < -0.3 is 15.2 Å². The molecule has 2 aromatic rings. The van der Waals surface area contributed by atoms with Gasteiger partial charge in [-0.15, -0.1) is 0 Å². The van der Waals surface area contributed by atoms with Gasteiger partial charge in [-0.1, -0.05) is 0 Å². The SMILES string of the molecule is O=C1CNCCN1Cc1nc2cc(C(F)(F)F)c(C(F)(F)F)cc2[nH]1. The highest BCUT2D eigenvalue weighted by molar-refractivity contribution is 5.80. The van der Waals surface area contributed by atoms with Gasteiger partial charge >= 0.3 is 12.4 Å². The predicted molar refractivity (Wildman–Crippen MR) is 74.4 cm³/mol. The van der Waals surface area contributed by atoms with Gasteiger partial charge in [0.05, 0.1) is 35.2 Å². The Bertz CT molecular complexity index is 759. The lowest BCUT2D eigenvalue weighted by Crippen LogP contribution is -2.47. The molecular weight excluding hydrogens is 354 g/mol. The number of piperazine rings is 1. The lowest BCUT2D eigenvalue weighted by atomic mass is 10.1. The first-order valence-corrected chi connectivity index (χ1v) is 7.21. The first-order valence-electron chi connectivity index (χ1n) is 7.21. The summed E-state index contributed by atoms with van der Waals surface area (Å²) >= 11 is 0. The van der Waals surface area contributed by atoms with Crippen molar-refractivity contribution in [3.05, 3.63) is 29.1 Å². The second-order valence-corrected chi connectivity index (χ2v) is 5.59. The fraction of sp³-hybridized carbons (Fsp3) is 0.429. The van der Waals surface area contributed by atoms with Crippen molar-refractivity contribution in [2.24, 2.45) is 0 Å². The molecule has 1 aromatic carbocycles. The van der Waals surface area contributed by atoms with Gasteiger partial charge in [-0.25, -0.2) is 4.98 Å². The van der Waals surface area contributed by atoms with Gasteiger partial charge in [-0.3, -0.25) is 4.79 Å². The Morgan fingerprint density at radius 3 is 2.32 bits per heavy atom. The zero-order valence-electron chi connectivity index (χ0n) is 12.6. The molecule has 136 valence electrons. The number of halogens is 6. The summed E-state index contributed by atoms with van der Waals surface area (Å²) in [5, 5.41) is 2.85. The molecular formula is C14H12F6N4O. The Morgan fingerprint density at radius 1 is 1.08 bits per heavy atom. The average molecular weight is 366 g/mol. The number of hydrogen-bond donors (Lipinski definition) is 2. The van der Waals surface area contributed by atoms with Crippen LogP contribution in [-0.2, 0) is 23.7 Å². The van der Waals surface area contributed by atoms with Crippen molar-refractivity contribution in [3.63, 3.8) is 0 Å². The monoisotopic (exact) mass is 366 g/mol. The van der Waals surface area contributed by atoms with Crippen LogP contribution >= 0.6 is 0 Å². The fourth-order valence-electron chi connectivity index (χ4n) is 2.65. The molecule has 0 radical (unpaired) electrons. The van der Waals surface area contributed by atoms with Crippen LogP contribution in [0.25, 0.3) is 11.0 Å². The number of aromatic amines is 1. The van der Waals surface area contributed by atoms with Crippen LogP contribution in [0.4, 0.5) is 26.3 Å². The number of nitrogens with zero attached hydrogens (tertiary/aromatic N) is 2. The summed E-state index contributed by atoms with van der Waals surface area (Å²) < 4.78 is 77.6. The normalized spacial score (nSPS) is 16.7. The standard InChI is InChI=1S/C14H12F6N4O/c15-13(16,17)7-3-9-10(4-8(7)14(18,19)20)23-11(22-9)6-24-2-1-21-5-12(24)25/h3-4,21H,1-2,5-6H2,(H,22,23). The third-order valence-corrected chi connectivity index (χ3v) is 3.81. The van der Waals surface area contributed by atoms with Crippen molar-refractivity contribution in [1.29, 1.82) is 0 Å². The zero-order chi connectivity index (χ0) is 18.4. The Labute approximate surface area is 137 Å². The molecule has 3 rings (SSSR count). The van der Waals surface area contributed by atoms with E-state index in [2.05, 4.69) is 15.3 Å². The number of imidazole rings is 1. The molecule has 11 heteroatoms. The highest BCUT2D eigenvalue weighted by Gasteiger charge is 2.43. The number of carbonyl (C=O) groups excluding carboxylic acids is 1. The van der Waals surface area contributed by atoms with Crippen LogP contribution in [0.1, 0.15) is 17.0 Å². The van der Waals surface area contributed by atoms with E-state index in [-0.39, 0.29) is 35.9 Å². The van der Waals surface area contributed by atoms with Gasteiger partial charge in [-0.05, 0) is 12.1 Å². The molecule has 1 saturated heterocycles. The van der Waals surface area contributed by atoms with Gasteiger partial charge in [0.15, 0.2) is 0 Å². The van der Waals surface area contributed by atoms with E-state index in [1.807, 2.05) is 0 Å². The summed E-state index contributed by atoms with van der Waals surface area (Å²) in [6.45, 7) is 1.02. The van der Waals surface area contributed by atoms with Crippen molar-refractivity contribution in [2.45, 2.75) is 18.9 Å². The van der Waals surface area contributed by atoms with Crippen molar-refractivity contribution in [2.75, 3.05) is 19.6 Å². The lowest BCUT2D eigenvalue weighted by Gasteiger charge is -2.26. The van der Waals surface area contributed by atoms with E-state index in [1.165, 1.54) is 4.90 Å². The van der Waals surface area contributed by atoms with Gasteiger partial charge in [0, 0.05) is 13.1 Å². The van der Waals surface area contributed by atoms with Gasteiger partial charge in [0.25, 0.3) is 0 Å². The van der Waals surface area contributed by atoms with E-state index in [0.717, 1.165) is 0 Å². The quantitative estimate of drug-likeness (QED) is 0.803. The first kappa shape index (κ1) is 17.5. The van der Waals surface area contributed by atoms with E-state index in [0.29, 0.717) is 25.2 Å². The number of benzene rings is 1. The molecule has 0 saturated carbocycles. The molecule has 5 nitrogen and oxygen atoms in total. The molecule has 0 bridgehead atoms. The molecule has 25 heavy (non-hydrogen) atoms. The first-order chi connectivity index (χ1) is 11.6. The van der Waals surface area contributed by atoms with Crippen LogP contribution in [0.5, 0.6) is 0 Å². The molecule has 1 aromatic heterocycles. The number of fused-ring (bicyclic) bond motifs is 1. The lowest BCUT2D eigenvalue weighted by molar-refractivity contribution is -0.161. The largest absolute Gasteiger partial charge is 0.417 e. The Balaban J connectivity index is 2.01. The number of aromatic nitrogens is 2. The van der Waals surface area contributed by atoms with Gasteiger partial charge in [-0.2, -0.15) is 26.3 Å². The third kappa shape index (κ3) is 3.55. The van der Waals surface area contributed by atoms with Crippen molar-refractivity contribution in [3.8, 4) is 0 Å². The van der Waals surface area contributed by atoms with Crippen LogP contribution in [0, 0.1) is 0 Å². The van der Waals surface area contributed by atoms with Gasteiger partial charge in [0.2, 0.25) is 5.91 Å². The van der Waals surface area contributed by atoms with Crippen LogP contribution in [0.3, 0.4) is 0 Å². The molecule has 1 amide bonds. The summed E-state index contributed by atoms with van der Waals surface area (Å²) in [5.41, 5.74) is -3.97. The Kier molecular flexibility index (Phi) is 4.13. The molecule has 1 aliphatic heterocycles. The molecule has 2 heterocycles. The molecule has 0 atom stereocenters. The molecule has 0 spiro atoms. The maximum absolute atomic E-state index is 12.9. The number of rotatable bonds is 2. The highest BCUT2D eigenvalue weighted by atomic mass is 19.4.